The average Bonchev–Trinajstić information content (AvgIpc) is 2.67. The molecule has 0 fully saturated rings. The van der Waals surface area contributed by atoms with E-state index in [-0.39, 0.29) is 17.1 Å². The molecule has 0 radical (unpaired) electrons. The third kappa shape index (κ3) is 7.08. The number of benzene rings is 1. The highest BCUT2D eigenvalue weighted by Crippen LogP contribution is 2.33. The van der Waals surface area contributed by atoms with Crippen LogP contribution in [0.3, 0.4) is 0 Å². The van der Waals surface area contributed by atoms with Crippen molar-refractivity contribution in [3.63, 3.8) is 0 Å². The van der Waals surface area contributed by atoms with Gasteiger partial charge in [0.05, 0.1) is 0 Å². The predicted molar refractivity (Wildman–Crippen MR) is 120 cm³/mol. The van der Waals surface area contributed by atoms with E-state index < -0.39 is 29.5 Å². The molecule has 2 rings (SSSR count). The summed E-state index contributed by atoms with van der Waals surface area (Å²) in [6.07, 6.45) is -0.574. The van der Waals surface area contributed by atoms with Crippen LogP contribution in [0.15, 0.2) is 42.6 Å². The summed E-state index contributed by atoms with van der Waals surface area (Å²) < 4.78 is 16.9. The number of anilines is 1. The van der Waals surface area contributed by atoms with Gasteiger partial charge in [0.25, 0.3) is 0 Å². The number of aromatic nitrogens is 1. The van der Waals surface area contributed by atoms with E-state index in [0.29, 0.717) is 11.2 Å². The Hall–Kier alpha value is -3.42. The van der Waals surface area contributed by atoms with Crippen molar-refractivity contribution in [1.29, 1.82) is 0 Å². The summed E-state index contributed by atoms with van der Waals surface area (Å²) >= 11 is 0. The average molecular weight is 443 g/mol. The minimum atomic E-state index is -0.977. The Morgan fingerprint density at radius 2 is 1.50 bits per heavy atom. The van der Waals surface area contributed by atoms with Crippen LogP contribution in [0.2, 0.25) is 0 Å². The summed E-state index contributed by atoms with van der Waals surface area (Å²) in [6, 6.07) is 10.8. The monoisotopic (exact) mass is 442 g/mol. The fraction of sp³-hybridized carbons (Fsp3) is 0.417. The van der Waals surface area contributed by atoms with E-state index >= 15 is 0 Å². The van der Waals surface area contributed by atoms with Gasteiger partial charge in [-0.3, -0.25) is 4.79 Å². The van der Waals surface area contributed by atoms with Gasteiger partial charge >= 0.3 is 12.2 Å². The SMILES string of the molecule is CC(Oc1cc(C=O)cnc1N(C(=O)OC(C)(C)C)C(=O)OC(C)(C)C)c1ccccc1. The van der Waals surface area contributed by atoms with Gasteiger partial charge in [-0.1, -0.05) is 30.3 Å². The number of hydrogen-bond donors (Lipinski definition) is 0. The molecule has 0 aliphatic carbocycles. The van der Waals surface area contributed by atoms with Crippen molar-refractivity contribution >= 4 is 24.3 Å². The van der Waals surface area contributed by atoms with Crippen LogP contribution in [0.1, 0.15) is 70.5 Å². The summed E-state index contributed by atoms with van der Waals surface area (Å²) in [5, 5.41) is 0. The van der Waals surface area contributed by atoms with E-state index in [1.807, 2.05) is 30.3 Å². The molecule has 1 aromatic carbocycles. The molecule has 8 heteroatoms. The molecule has 1 unspecified atom stereocenters. The van der Waals surface area contributed by atoms with Gasteiger partial charge in [-0.05, 0) is 60.1 Å². The second-order valence-corrected chi connectivity index (χ2v) is 9.18. The number of ether oxygens (including phenoxy) is 3. The van der Waals surface area contributed by atoms with E-state index in [1.165, 1.54) is 12.3 Å². The molecular formula is C24H30N2O6. The molecule has 0 N–H and O–H groups in total. The predicted octanol–water partition coefficient (Wildman–Crippen LogP) is 5.71. The van der Waals surface area contributed by atoms with Crippen molar-refractivity contribution < 1.29 is 28.6 Å². The third-order valence-electron chi connectivity index (χ3n) is 3.93. The van der Waals surface area contributed by atoms with Gasteiger partial charge in [-0.2, -0.15) is 4.90 Å². The number of nitrogens with zero attached hydrogens (tertiary/aromatic N) is 2. The van der Waals surface area contributed by atoms with Gasteiger partial charge in [-0.15, -0.1) is 0 Å². The number of carbonyl (C=O) groups excluding carboxylic acids is 3. The Kier molecular flexibility index (Phi) is 7.61. The lowest BCUT2D eigenvalue weighted by Crippen LogP contribution is -2.44. The molecule has 0 aliphatic rings. The molecule has 1 heterocycles. The Morgan fingerprint density at radius 1 is 0.969 bits per heavy atom. The van der Waals surface area contributed by atoms with E-state index in [2.05, 4.69) is 4.98 Å². The Morgan fingerprint density at radius 3 is 1.97 bits per heavy atom. The molecule has 0 spiro atoms. The molecule has 2 amide bonds. The summed E-state index contributed by atoms with van der Waals surface area (Å²) in [5.74, 6) is -0.0791. The van der Waals surface area contributed by atoms with Gasteiger partial charge in [0.2, 0.25) is 0 Å². The van der Waals surface area contributed by atoms with Crippen molar-refractivity contribution in [2.45, 2.75) is 65.8 Å². The Labute approximate surface area is 188 Å². The minimum Gasteiger partial charge on any atom is -0.482 e. The normalized spacial score (nSPS) is 12.5. The topological polar surface area (TPSA) is 95.0 Å². The van der Waals surface area contributed by atoms with Crippen molar-refractivity contribution in [2.24, 2.45) is 0 Å². The van der Waals surface area contributed by atoms with Crippen LogP contribution in [-0.2, 0) is 9.47 Å². The molecule has 1 aromatic heterocycles. The first-order chi connectivity index (χ1) is 14.8. The first kappa shape index (κ1) is 24.8. The number of hydrogen-bond acceptors (Lipinski definition) is 7. The molecule has 0 bridgehead atoms. The van der Waals surface area contributed by atoms with E-state index in [1.54, 1.807) is 48.5 Å². The Bertz CT molecular complexity index is 933. The van der Waals surface area contributed by atoms with Gasteiger partial charge < -0.3 is 14.2 Å². The van der Waals surface area contributed by atoms with Crippen LogP contribution in [0.4, 0.5) is 15.4 Å². The van der Waals surface area contributed by atoms with E-state index in [4.69, 9.17) is 14.2 Å². The lowest BCUT2D eigenvalue weighted by molar-refractivity contribution is 0.0426. The molecule has 1 atom stereocenters. The standard InChI is InChI=1S/C24H30N2O6/c1-16(18-11-9-8-10-12-18)30-19-13-17(15-27)14-25-20(19)26(21(28)31-23(2,3)4)22(29)32-24(5,6)7/h8-16H,1-7H3. The summed E-state index contributed by atoms with van der Waals surface area (Å²) in [5.41, 5.74) is -0.676. The van der Waals surface area contributed by atoms with Crippen molar-refractivity contribution in [3.05, 3.63) is 53.7 Å². The molecular weight excluding hydrogens is 412 g/mol. The molecule has 0 saturated carbocycles. The second-order valence-electron chi connectivity index (χ2n) is 9.18. The molecule has 32 heavy (non-hydrogen) atoms. The number of amides is 2. The molecule has 172 valence electrons. The van der Waals surface area contributed by atoms with Crippen molar-refractivity contribution in [1.82, 2.24) is 4.98 Å². The number of imide groups is 1. The fourth-order valence-corrected chi connectivity index (χ4v) is 2.62. The fourth-order valence-electron chi connectivity index (χ4n) is 2.62. The zero-order valence-corrected chi connectivity index (χ0v) is 19.5. The van der Waals surface area contributed by atoms with Crippen LogP contribution < -0.4 is 9.64 Å². The Balaban J connectivity index is 2.54. The van der Waals surface area contributed by atoms with Gasteiger partial charge in [0.15, 0.2) is 17.9 Å². The third-order valence-corrected chi connectivity index (χ3v) is 3.93. The summed E-state index contributed by atoms with van der Waals surface area (Å²) in [6.45, 7) is 11.9. The summed E-state index contributed by atoms with van der Waals surface area (Å²) in [7, 11) is 0. The van der Waals surface area contributed by atoms with Crippen LogP contribution in [-0.4, -0.2) is 34.7 Å². The molecule has 0 saturated heterocycles. The maximum Gasteiger partial charge on any atom is 0.425 e. The molecule has 2 aromatic rings. The largest absolute Gasteiger partial charge is 0.482 e. The van der Waals surface area contributed by atoms with Crippen LogP contribution >= 0.6 is 0 Å². The van der Waals surface area contributed by atoms with Crippen molar-refractivity contribution in [2.75, 3.05) is 4.90 Å². The maximum absolute atomic E-state index is 13.0. The van der Waals surface area contributed by atoms with Crippen LogP contribution in [0.5, 0.6) is 5.75 Å². The highest BCUT2D eigenvalue weighted by Gasteiger charge is 2.36. The number of aldehydes is 1. The van der Waals surface area contributed by atoms with E-state index in [9.17, 15) is 14.4 Å². The van der Waals surface area contributed by atoms with Crippen molar-refractivity contribution in [3.8, 4) is 5.75 Å². The maximum atomic E-state index is 13.0. The first-order valence-corrected chi connectivity index (χ1v) is 10.2. The number of carbonyl (C=O) groups is 3. The molecule has 0 aliphatic heterocycles. The summed E-state index contributed by atoms with van der Waals surface area (Å²) in [4.78, 5) is 42.2. The quantitative estimate of drug-likeness (QED) is 0.547. The lowest BCUT2D eigenvalue weighted by atomic mass is 10.1. The lowest BCUT2D eigenvalue weighted by Gasteiger charge is -2.29. The highest BCUT2D eigenvalue weighted by atomic mass is 16.6. The number of rotatable bonds is 5. The zero-order chi connectivity index (χ0) is 24.1. The number of pyridine rings is 1. The van der Waals surface area contributed by atoms with Gasteiger partial charge in [-0.25, -0.2) is 14.6 Å². The second kappa shape index (κ2) is 9.80. The smallest absolute Gasteiger partial charge is 0.425 e. The first-order valence-electron chi connectivity index (χ1n) is 10.2. The van der Waals surface area contributed by atoms with Crippen LogP contribution in [0.25, 0.3) is 0 Å². The molecule has 8 nitrogen and oxygen atoms in total. The van der Waals surface area contributed by atoms with Crippen LogP contribution in [0, 0.1) is 0 Å². The zero-order valence-electron chi connectivity index (χ0n) is 19.5. The minimum absolute atomic E-state index is 0.0580. The van der Waals surface area contributed by atoms with E-state index in [0.717, 1.165) is 5.56 Å². The van der Waals surface area contributed by atoms with Gasteiger partial charge in [0, 0.05) is 11.8 Å². The highest BCUT2D eigenvalue weighted by molar-refractivity contribution is 6.09. The van der Waals surface area contributed by atoms with Gasteiger partial charge in [0.1, 0.15) is 17.3 Å².